The summed E-state index contributed by atoms with van der Waals surface area (Å²) in [5.41, 5.74) is 0.0365. The Labute approximate surface area is 54.2 Å². The molecule has 0 N–H and O–H groups in total. The van der Waals surface area contributed by atoms with Gasteiger partial charge >= 0.3 is 5.97 Å². The molecule has 0 aromatic rings. The second kappa shape index (κ2) is 1.31. The van der Waals surface area contributed by atoms with Gasteiger partial charge in [0.1, 0.15) is 0 Å². The Hall–Kier alpha value is -0.530. The Bertz CT molecular complexity index is 160. The van der Waals surface area contributed by atoms with Gasteiger partial charge in [0.25, 0.3) is 0 Å². The number of carbonyl (C=O) groups excluding carboxylic acids is 1. The second-order valence-electron chi connectivity index (χ2n) is 3.09. The van der Waals surface area contributed by atoms with Crippen molar-refractivity contribution in [3.05, 3.63) is 0 Å². The molecule has 0 aromatic heterocycles. The average molecular weight is 126 g/mol. The molecule has 0 radical (unpaired) electrons. The Kier molecular flexibility index (Phi) is 0.765. The van der Waals surface area contributed by atoms with E-state index in [1.54, 1.807) is 0 Å². The van der Waals surface area contributed by atoms with Crippen molar-refractivity contribution in [2.24, 2.45) is 11.3 Å². The number of esters is 1. The van der Waals surface area contributed by atoms with Crippen LogP contribution in [0.1, 0.15) is 19.3 Å². The fourth-order valence-corrected chi connectivity index (χ4v) is 1.84. The maximum atomic E-state index is 10.9. The number of hydrogen-bond donors (Lipinski definition) is 0. The van der Waals surface area contributed by atoms with Gasteiger partial charge in [-0.3, -0.25) is 4.79 Å². The predicted molar refractivity (Wildman–Crippen MR) is 31.8 cm³/mol. The number of hydrogen-bond acceptors (Lipinski definition) is 2. The first-order valence-corrected chi connectivity index (χ1v) is 3.38. The van der Waals surface area contributed by atoms with E-state index < -0.39 is 0 Å². The molecule has 0 heterocycles. The number of methoxy groups -OCH3 is 1. The van der Waals surface area contributed by atoms with Gasteiger partial charge in [-0.1, -0.05) is 0 Å². The monoisotopic (exact) mass is 126 g/mol. The van der Waals surface area contributed by atoms with E-state index in [4.69, 9.17) is 0 Å². The lowest BCUT2D eigenvalue weighted by Crippen LogP contribution is -2.26. The van der Waals surface area contributed by atoms with Gasteiger partial charge in [-0.2, -0.15) is 0 Å². The highest BCUT2D eigenvalue weighted by molar-refractivity contribution is 5.82. The molecular formula is C7H10O2. The van der Waals surface area contributed by atoms with Crippen molar-refractivity contribution in [2.75, 3.05) is 7.11 Å². The van der Waals surface area contributed by atoms with E-state index in [1.807, 2.05) is 0 Å². The van der Waals surface area contributed by atoms with E-state index >= 15 is 0 Å². The molecule has 2 saturated carbocycles. The quantitative estimate of drug-likeness (QED) is 0.489. The fraction of sp³-hybridized carbons (Fsp3) is 0.857. The largest absolute Gasteiger partial charge is 0.469 e. The Morgan fingerprint density at radius 2 is 2.56 bits per heavy atom. The molecule has 0 aromatic carbocycles. The first-order chi connectivity index (χ1) is 4.29. The topological polar surface area (TPSA) is 26.3 Å². The zero-order chi connectivity index (χ0) is 6.48. The van der Waals surface area contributed by atoms with Gasteiger partial charge < -0.3 is 4.74 Å². The summed E-state index contributed by atoms with van der Waals surface area (Å²) in [5, 5.41) is 0. The van der Waals surface area contributed by atoms with Crippen LogP contribution in [-0.4, -0.2) is 13.1 Å². The molecule has 2 aliphatic rings. The van der Waals surface area contributed by atoms with Gasteiger partial charge in [-0.15, -0.1) is 0 Å². The molecule has 2 nitrogen and oxygen atoms in total. The molecular weight excluding hydrogens is 116 g/mol. The maximum Gasteiger partial charge on any atom is 0.312 e. The zero-order valence-corrected chi connectivity index (χ0v) is 5.52. The summed E-state index contributed by atoms with van der Waals surface area (Å²) >= 11 is 0. The first kappa shape index (κ1) is 5.27. The van der Waals surface area contributed by atoms with Crippen LogP contribution in [0.5, 0.6) is 0 Å². The molecule has 2 aliphatic carbocycles. The van der Waals surface area contributed by atoms with Crippen LogP contribution in [0.3, 0.4) is 0 Å². The lowest BCUT2D eigenvalue weighted by molar-refractivity contribution is -0.150. The molecule has 2 fully saturated rings. The highest BCUT2D eigenvalue weighted by atomic mass is 16.5. The van der Waals surface area contributed by atoms with Gasteiger partial charge in [-0.25, -0.2) is 0 Å². The first-order valence-electron chi connectivity index (χ1n) is 3.38. The van der Waals surface area contributed by atoms with Crippen LogP contribution < -0.4 is 0 Å². The standard InChI is InChI=1S/C7H10O2/c1-9-6(8)7-3-2-5(7)4-7/h5H,2-4H2,1H3. The molecule has 50 valence electrons. The summed E-state index contributed by atoms with van der Waals surface area (Å²) < 4.78 is 4.66. The van der Waals surface area contributed by atoms with Crippen molar-refractivity contribution in [3.63, 3.8) is 0 Å². The van der Waals surface area contributed by atoms with E-state index in [9.17, 15) is 4.79 Å². The second-order valence-corrected chi connectivity index (χ2v) is 3.09. The normalized spacial score (nSPS) is 44.8. The summed E-state index contributed by atoms with van der Waals surface area (Å²) in [6, 6.07) is 0. The summed E-state index contributed by atoms with van der Waals surface area (Å²) in [6.45, 7) is 0. The SMILES string of the molecule is COC(=O)C12CCC1C2. The minimum atomic E-state index is 0.0266. The summed E-state index contributed by atoms with van der Waals surface area (Å²) in [4.78, 5) is 10.9. The van der Waals surface area contributed by atoms with Crippen molar-refractivity contribution in [3.8, 4) is 0 Å². The van der Waals surface area contributed by atoms with E-state index in [0.29, 0.717) is 5.92 Å². The third kappa shape index (κ3) is 0.443. The van der Waals surface area contributed by atoms with Crippen LogP contribution in [0, 0.1) is 11.3 Å². The molecule has 2 heteroatoms. The van der Waals surface area contributed by atoms with Crippen molar-refractivity contribution in [1.82, 2.24) is 0 Å². The van der Waals surface area contributed by atoms with Crippen molar-refractivity contribution in [2.45, 2.75) is 19.3 Å². The Morgan fingerprint density at radius 1 is 1.78 bits per heavy atom. The van der Waals surface area contributed by atoms with Crippen molar-refractivity contribution in [1.29, 1.82) is 0 Å². The smallest absolute Gasteiger partial charge is 0.312 e. The average Bonchev–Trinajstić information content (AvgIpc) is 2.35. The number of carbonyl (C=O) groups is 1. The van der Waals surface area contributed by atoms with Crippen LogP contribution in [0.15, 0.2) is 0 Å². The minimum absolute atomic E-state index is 0.0266. The van der Waals surface area contributed by atoms with Crippen LogP contribution in [0.25, 0.3) is 0 Å². The third-order valence-electron chi connectivity index (χ3n) is 2.76. The molecule has 0 aliphatic heterocycles. The molecule has 0 saturated heterocycles. The van der Waals surface area contributed by atoms with Gasteiger partial charge in [0, 0.05) is 0 Å². The highest BCUT2D eigenvalue weighted by Crippen LogP contribution is 2.67. The van der Waals surface area contributed by atoms with Gasteiger partial charge in [-0.05, 0) is 25.2 Å². The lowest BCUT2D eigenvalue weighted by atomic mass is 9.85. The van der Waals surface area contributed by atoms with Gasteiger partial charge in [0.15, 0.2) is 0 Å². The van der Waals surface area contributed by atoms with Gasteiger partial charge in [0.2, 0.25) is 0 Å². The third-order valence-corrected chi connectivity index (χ3v) is 2.76. The van der Waals surface area contributed by atoms with Crippen molar-refractivity contribution < 1.29 is 9.53 Å². The van der Waals surface area contributed by atoms with E-state index in [1.165, 1.54) is 13.5 Å². The molecule has 2 atom stereocenters. The van der Waals surface area contributed by atoms with Crippen LogP contribution >= 0.6 is 0 Å². The van der Waals surface area contributed by atoms with Gasteiger partial charge in [0.05, 0.1) is 12.5 Å². The van der Waals surface area contributed by atoms with Crippen LogP contribution in [0.2, 0.25) is 0 Å². The minimum Gasteiger partial charge on any atom is -0.469 e. The molecule has 0 bridgehead atoms. The summed E-state index contributed by atoms with van der Waals surface area (Å²) in [7, 11) is 1.48. The van der Waals surface area contributed by atoms with E-state index in [-0.39, 0.29) is 11.4 Å². The highest BCUT2D eigenvalue weighted by Gasteiger charge is 2.67. The lowest BCUT2D eigenvalue weighted by Gasteiger charge is -2.21. The molecule has 2 unspecified atom stereocenters. The number of ether oxygens (including phenoxy) is 1. The predicted octanol–water partition coefficient (Wildman–Crippen LogP) is 0.959. The number of rotatable bonds is 1. The fourth-order valence-electron chi connectivity index (χ4n) is 1.84. The summed E-state index contributed by atoms with van der Waals surface area (Å²) in [5.74, 6) is 0.726. The van der Waals surface area contributed by atoms with Crippen LogP contribution in [0.4, 0.5) is 0 Å². The molecule has 9 heavy (non-hydrogen) atoms. The Morgan fingerprint density at radius 3 is 2.67 bits per heavy atom. The summed E-state index contributed by atoms with van der Waals surface area (Å²) in [6.07, 6.45) is 3.42. The number of fused-ring (bicyclic) bond motifs is 1. The Balaban J connectivity index is 2.07. The van der Waals surface area contributed by atoms with E-state index in [0.717, 1.165) is 12.8 Å². The van der Waals surface area contributed by atoms with Crippen LogP contribution in [-0.2, 0) is 9.53 Å². The maximum absolute atomic E-state index is 10.9. The molecule has 0 amide bonds. The zero-order valence-electron chi connectivity index (χ0n) is 5.52. The van der Waals surface area contributed by atoms with Crippen molar-refractivity contribution >= 4 is 5.97 Å². The molecule has 2 rings (SSSR count). The van der Waals surface area contributed by atoms with E-state index in [2.05, 4.69) is 4.74 Å². The molecule has 0 spiro atoms.